The minimum absolute atomic E-state index is 0.175. The minimum Gasteiger partial charge on any atom is -0.340 e. The molecule has 13 heavy (non-hydrogen) atoms. The van der Waals surface area contributed by atoms with Crippen molar-refractivity contribution in [3.05, 3.63) is 16.3 Å². The number of nitrogens with one attached hydrogen (secondary N) is 2. The third-order valence-corrected chi connectivity index (χ3v) is 2.78. The number of hydrogen-bond donors (Lipinski definition) is 2. The maximum atomic E-state index is 11.4. The first kappa shape index (κ1) is 8.25. The summed E-state index contributed by atoms with van der Waals surface area (Å²) in [7, 11) is 0. The fraction of sp³-hybridized carbons (Fsp3) is 0.250. The molecule has 0 saturated carbocycles. The van der Waals surface area contributed by atoms with Gasteiger partial charge in [-0.05, 0) is 18.4 Å². The SMILES string of the molecule is C[C@@H]1NC(=O)c2sccc2NC1=O. The summed E-state index contributed by atoms with van der Waals surface area (Å²) >= 11 is 1.32. The molecule has 4 nitrogen and oxygen atoms in total. The van der Waals surface area contributed by atoms with Crippen molar-refractivity contribution in [2.75, 3.05) is 5.32 Å². The molecule has 1 aliphatic heterocycles. The molecule has 2 rings (SSSR count). The topological polar surface area (TPSA) is 58.2 Å². The fourth-order valence-corrected chi connectivity index (χ4v) is 1.90. The van der Waals surface area contributed by atoms with E-state index in [-0.39, 0.29) is 11.8 Å². The van der Waals surface area contributed by atoms with E-state index in [1.54, 1.807) is 18.4 Å². The van der Waals surface area contributed by atoms with Crippen molar-refractivity contribution < 1.29 is 9.59 Å². The van der Waals surface area contributed by atoms with Crippen LogP contribution in [-0.4, -0.2) is 17.9 Å². The van der Waals surface area contributed by atoms with Crippen molar-refractivity contribution in [1.29, 1.82) is 0 Å². The molecule has 0 radical (unpaired) electrons. The van der Waals surface area contributed by atoms with Crippen LogP contribution < -0.4 is 10.6 Å². The summed E-state index contributed by atoms with van der Waals surface area (Å²) in [6.07, 6.45) is 0. The van der Waals surface area contributed by atoms with E-state index in [4.69, 9.17) is 0 Å². The van der Waals surface area contributed by atoms with E-state index in [1.807, 2.05) is 0 Å². The molecule has 0 bridgehead atoms. The average molecular weight is 196 g/mol. The zero-order valence-electron chi connectivity index (χ0n) is 6.96. The number of fused-ring (bicyclic) bond motifs is 1. The monoisotopic (exact) mass is 196 g/mol. The highest BCUT2D eigenvalue weighted by Gasteiger charge is 2.24. The zero-order chi connectivity index (χ0) is 9.42. The molecule has 2 N–H and O–H groups in total. The van der Waals surface area contributed by atoms with Gasteiger partial charge >= 0.3 is 0 Å². The summed E-state index contributed by atoms with van der Waals surface area (Å²) in [4.78, 5) is 23.3. The Morgan fingerprint density at radius 2 is 2.23 bits per heavy atom. The van der Waals surface area contributed by atoms with Crippen LogP contribution in [0.4, 0.5) is 5.69 Å². The van der Waals surface area contributed by atoms with Crippen LogP contribution in [0, 0.1) is 0 Å². The van der Waals surface area contributed by atoms with Crippen molar-refractivity contribution >= 4 is 28.8 Å². The Bertz CT molecular complexity index is 372. The molecule has 0 fully saturated rings. The molecule has 5 heteroatoms. The maximum Gasteiger partial charge on any atom is 0.264 e. The van der Waals surface area contributed by atoms with Gasteiger partial charge in [0, 0.05) is 0 Å². The van der Waals surface area contributed by atoms with Crippen LogP contribution in [0.25, 0.3) is 0 Å². The average Bonchev–Trinajstić information content (AvgIpc) is 2.48. The van der Waals surface area contributed by atoms with Gasteiger partial charge in [-0.25, -0.2) is 0 Å². The standard InChI is InChI=1S/C8H8N2O2S/c1-4-7(11)10-5-2-3-13-6(5)8(12)9-4/h2-4H,1H3,(H,9,12)(H,10,11)/t4-/m0/s1. The molecule has 0 aromatic carbocycles. The maximum absolute atomic E-state index is 11.4. The summed E-state index contributed by atoms with van der Waals surface area (Å²) < 4.78 is 0. The Kier molecular flexibility index (Phi) is 1.81. The van der Waals surface area contributed by atoms with E-state index < -0.39 is 6.04 Å². The van der Waals surface area contributed by atoms with Gasteiger partial charge in [-0.15, -0.1) is 11.3 Å². The third kappa shape index (κ3) is 1.31. The lowest BCUT2D eigenvalue weighted by atomic mass is 10.3. The molecule has 2 amide bonds. The lowest BCUT2D eigenvalue weighted by Crippen LogP contribution is -2.38. The van der Waals surface area contributed by atoms with Gasteiger partial charge < -0.3 is 10.6 Å². The van der Waals surface area contributed by atoms with Crippen molar-refractivity contribution in [1.82, 2.24) is 5.32 Å². The van der Waals surface area contributed by atoms with E-state index in [0.29, 0.717) is 10.6 Å². The van der Waals surface area contributed by atoms with Crippen LogP contribution in [0.15, 0.2) is 11.4 Å². The fourth-order valence-electron chi connectivity index (χ4n) is 1.15. The predicted molar refractivity (Wildman–Crippen MR) is 49.9 cm³/mol. The Hall–Kier alpha value is -1.36. The lowest BCUT2D eigenvalue weighted by molar-refractivity contribution is -0.117. The van der Waals surface area contributed by atoms with E-state index in [0.717, 1.165) is 0 Å². The lowest BCUT2D eigenvalue weighted by Gasteiger charge is -2.06. The summed E-state index contributed by atoms with van der Waals surface area (Å²) in [6.45, 7) is 1.66. The third-order valence-electron chi connectivity index (χ3n) is 1.87. The summed E-state index contributed by atoms with van der Waals surface area (Å²) in [5, 5.41) is 7.04. The number of amides is 2. The first-order chi connectivity index (χ1) is 6.18. The first-order valence-corrected chi connectivity index (χ1v) is 4.75. The molecular weight excluding hydrogens is 188 g/mol. The number of anilines is 1. The number of carbonyl (C=O) groups excluding carboxylic acids is 2. The molecule has 0 saturated heterocycles. The Morgan fingerprint density at radius 3 is 3.00 bits per heavy atom. The molecule has 68 valence electrons. The van der Waals surface area contributed by atoms with E-state index in [1.165, 1.54) is 11.3 Å². The largest absolute Gasteiger partial charge is 0.340 e. The summed E-state index contributed by atoms with van der Waals surface area (Å²) in [5.74, 6) is -0.360. The highest BCUT2D eigenvalue weighted by molar-refractivity contribution is 7.12. The second-order valence-corrected chi connectivity index (χ2v) is 3.76. The second kappa shape index (κ2) is 2.85. The van der Waals surface area contributed by atoms with Gasteiger partial charge in [-0.3, -0.25) is 9.59 Å². The van der Waals surface area contributed by atoms with E-state index in [9.17, 15) is 9.59 Å². The van der Waals surface area contributed by atoms with Crippen LogP contribution in [-0.2, 0) is 4.79 Å². The number of thiophene rings is 1. The molecule has 1 atom stereocenters. The number of carbonyl (C=O) groups is 2. The van der Waals surface area contributed by atoms with Gasteiger partial charge in [0.2, 0.25) is 5.91 Å². The Balaban J connectivity index is 2.43. The minimum atomic E-state index is -0.466. The quantitative estimate of drug-likeness (QED) is 0.645. The molecule has 0 aliphatic carbocycles. The van der Waals surface area contributed by atoms with Crippen molar-refractivity contribution in [2.24, 2.45) is 0 Å². The van der Waals surface area contributed by atoms with Crippen LogP contribution in [0.5, 0.6) is 0 Å². The Morgan fingerprint density at radius 1 is 1.46 bits per heavy atom. The smallest absolute Gasteiger partial charge is 0.264 e. The normalized spacial score (nSPS) is 21.5. The first-order valence-electron chi connectivity index (χ1n) is 3.87. The van der Waals surface area contributed by atoms with Gasteiger partial charge in [-0.2, -0.15) is 0 Å². The van der Waals surface area contributed by atoms with Crippen molar-refractivity contribution in [2.45, 2.75) is 13.0 Å². The molecule has 1 aromatic rings. The molecule has 0 unspecified atom stereocenters. The highest BCUT2D eigenvalue weighted by Crippen LogP contribution is 2.24. The van der Waals surface area contributed by atoms with Crippen LogP contribution in [0.3, 0.4) is 0 Å². The molecule has 0 spiro atoms. The van der Waals surface area contributed by atoms with Crippen LogP contribution in [0.1, 0.15) is 16.6 Å². The number of hydrogen-bond acceptors (Lipinski definition) is 3. The second-order valence-electron chi connectivity index (χ2n) is 2.85. The zero-order valence-corrected chi connectivity index (χ0v) is 7.77. The van der Waals surface area contributed by atoms with Gasteiger partial charge in [-0.1, -0.05) is 0 Å². The highest BCUT2D eigenvalue weighted by atomic mass is 32.1. The van der Waals surface area contributed by atoms with E-state index in [2.05, 4.69) is 10.6 Å². The van der Waals surface area contributed by atoms with Gasteiger partial charge in [0.25, 0.3) is 5.91 Å². The molecule has 2 heterocycles. The molecular formula is C8H8N2O2S. The van der Waals surface area contributed by atoms with Gasteiger partial charge in [0.15, 0.2) is 0 Å². The van der Waals surface area contributed by atoms with Gasteiger partial charge in [0.1, 0.15) is 10.9 Å². The van der Waals surface area contributed by atoms with Gasteiger partial charge in [0.05, 0.1) is 5.69 Å². The molecule has 1 aromatic heterocycles. The van der Waals surface area contributed by atoms with Crippen molar-refractivity contribution in [3.63, 3.8) is 0 Å². The number of rotatable bonds is 0. The van der Waals surface area contributed by atoms with Crippen LogP contribution in [0.2, 0.25) is 0 Å². The molecule has 1 aliphatic rings. The Labute approximate surface area is 78.9 Å². The van der Waals surface area contributed by atoms with Crippen molar-refractivity contribution in [3.8, 4) is 0 Å². The van der Waals surface area contributed by atoms with E-state index >= 15 is 0 Å². The predicted octanol–water partition coefficient (Wildman–Crippen LogP) is 0.819. The summed E-state index contributed by atoms with van der Waals surface area (Å²) in [6, 6.07) is 1.27. The van der Waals surface area contributed by atoms with Crippen LogP contribution >= 0.6 is 11.3 Å². The summed E-state index contributed by atoms with van der Waals surface area (Å²) in [5.41, 5.74) is 0.608.